The lowest BCUT2D eigenvalue weighted by molar-refractivity contribution is -0.393. The van der Waals surface area contributed by atoms with E-state index in [0.29, 0.717) is 6.07 Å². The molecule has 0 heterocycles. The molecule has 94 valence electrons. The molecule has 1 amide bonds. The number of benzene rings is 1. The lowest BCUT2D eigenvalue weighted by Gasteiger charge is -2.10. The Balaban J connectivity index is 3.44. The fourth-order valence-corrected chi connectivity index (χ4v) is 1.22. The molecule has 0 N–H and O–H groups in total. The Bertz CT molecular complexity index is 542. The van der Waals surface area contributed by atoms with Gasteiger partial charge in [0.25, 0.3) is 5.69 Å². The van der Waals surface area contributed by atoms with Crippen molar-refractivity contribution in [3.05, 3.63) is 43.3 Å². The van der Waals surface area contributed by atoms with Gasteiger partial charge in [-0.1, -0.05) is 0 Å². The van der Waals surface area contributed by atoms with Crippen molar-refractivity contribution in [2.45, 2.75) is 6.92 Å². The van der Waals surface area contributed by atoms with Gasteiger partial charge in [0.1, 0.15) is 5.69 Å². The Morgan fingerprint density at radius 3 is 2.28 bits per heavy atom. The second-order valence-electron chi connectivity index (χ2n) is 3.10. The molecule has 0 saturated carbocycles. The van der Waals surface area contributed by atoms with Crippen LogP contribution in [0.2, 0.25) is 0 Å². The molecule has 0 unspecified atom stereocenters. The molecule has 10 nitrogen and oxygen atoms in total. The number of nitro benzene ring substituents is 2. The fraction of sp³-hybridized carbons (Fsp3) is 0.125. The van der Waals surface area contributed by atoms with Crippen molar-refractivity contribution >= 4 is 23.0 Å². The highest BCUT2D eigenvalue weighted by atomic mass is 16.6. The summed E-state index contributed by atoms with van der Waals surface area (Å²) in [6, 6.07) is 2.50. The first-order valence-electron chi connectivity index (χ1n) is 4.45. The van der Waals surface area contributed by atoms with Crippen LogP contribution >= 0.6 is 0 Å². The first-order chi connectivity index (χ1) is 8.38. The lowest BCUT2D eigenvalue weighted by Crippen LogP contribution is -2.22. The number of anilines is 1. The minimum absolute atomic E-state index is 0.252. The van der Waals surface area contributed by atoms with E-state index in [2.05, 4.69) is 5.29 Å². The van der Waals surface area contributed by atoms with Crippen molar-refractivity contribution in [2.24, 2.45) is 5.29 Å². The predicted octanol–water partition coefficient (Wildman–Crippen LogP) is 1.54. The average molecular weight is 254 g/mol. The van der Waals surface area contributed by atoms with Crippen LogP contribution in [-0.4, -0.2) is 15.8 Å². The van der Waals surface area contributed by atoms with E-state index < -0.39 is 32.8 Å². The molecule has 0 fully saturated rings. The number of carbonyl (C=O) groups is 1. The Hall–Kier alpha value is -2.91. The van der Waals surface area contributed by atoms with E-state index in [4.69, 9.17) is 0 Å². The minimum Gasteiger partial charge on any atom is -0.273 e. The van der Waals surface area contributed by atoms with Gasteiger partial charge in [0.15, 0.2) is 0 Å². The molecule has 18 heavy (non-hydrogen) atoms. The molecule has 0 aliphatic rings. The zero-order valence-corrected chi connectivity index (χ0v) is 8.97. The highest BCUT2D eigenvalue weighted by molar-refractivity contribution is 5.93. The van der Waals surface area contributed by atoms with Gasteiger partial charge in [0.2, 0.25) is 5.91 Å². The molecule has 0 aromatic heterocycles. The van der Waals surface area contributed by atoms with Crippen LogP contribution in [0.4, 0.5) is 17.1 Å². The van der Waals surface area contributed by atoms with Gasteiger partial charge in [-0.15, -0.1) is 4.91 Å². The molecule has 0 spiro atoms. The number of nitroso groups, excluding NO2 is 1. The summed E-state index contributed by atoms with van der Waals surface area (Å²) in [5, 5.41) is 23.8. The SMILES string of the molecule is CC(=O)N(N=O)c1ccc([N+](=O)[O-])cc1[N+](=O)[O-]. The topological polar surface area (TPSA) is 136 Å². The Kier molecular flexibility index (Phi) is 3.62. The molecule has 0 aliphatic carbocycles. The maximum atomic E-state index is 11.0. The first-order valence-corrected chi connectivity index (χ1v) is 4.45. The molecule has 0 saturated heterocycles. The molecule has 0 atom stereocenters. The quantitative estimate of drug-likeness (QED) is 0.454. The summed E-state index contributed by atoms with van der Waals surface area (Å²) >= 11 is 0. The molecular weight excluding hydrogens is 248 g/mol. The van der Waals surface area contributed by atoms with Crippen molar-refractivity contribution in [3.63, 3.8) is 0 Å². The van der Waals surface area contributed by atoms with Crippen molar-refractivity contribution in [3.8, 4) is 0 Å². The third-order valence-electron chi connectivity index (χ3n) is 1.97. The number of non-ortho nitro benzene ring substituents is 1. The molecule has 0 bridgehead atoms. The van der Waals surface area contributed by atoms with Crippen LogP contribution in [0, 0.1) is 25.1 Å². The predicted molar refractivity (Wildman–Crippen MR) is 58.7 cm³/mol. The van der Waals surface area contributed by atoms with Gasteiger partial charge in [-0.25, -0.2) is 0 Å². The number of nitro groups is 2. The minimum atomic E-state index is -0.941. The van der Waals surface area contributed by atoms with Crippen molar-refractivity contribution in [1.82, 2.24) is 0 Å². The standard InChI is InChI=1S/C8H6N4O6/c1-5(13)10(9-14)7-3-2-6(11(15)16)4-8(7)12(17)18/h2-4H,1H3. The van der Waals surface area contributed by atoms with Crippen LogP contribution < -0.4 is 5.01 Å². The third kappa shape index (κ3) is 2.42. The highest BCUT2D eigenvalue weighted by Gasteiger charge is 2.26. The first kappa shape index (κ1) is 13.2. The summed E-state index contributed by atoms with van der Waals surface area (Å²) in [5.41, 5.74) is -1.70. The monoisotopic (exact) mass is 254 g/mol. The van der Waals surface area contributed by atoms with E-state index >= 15 is 0 Å². The molecule has 0 aliphatic heterocycles. The fourth-order valence-electron chi connectivity index (χ4n) is 1.22. The summed E-state index contributed by atoms with van der Waals surface area (Å²) in [4.78, 5) is 40.9. The van der Waals surface area contributed by atoms with Gasteiger partial charge in [0.05, 0.1) is 21.2 Å². The molecule has 10 heteroatoms. The molecular formula is C8H6N4O6. The second-order valence-corrected chi connectivity index (χ2v) is 3.10. The second kappa shape index (κ2) is 4.95. The number of amides is 1. The normalized spacial score (nSPS) is 9.61. The Labute approximate surface area is 99.1 Å². The number of rotatable bonds is 4. The molecule has 0 radical (unpaired) electrons. The van der Waals surface area contributed by atoms with Gasteiger partial charge >= 0.3 is 5.69 Å². The molecule has 1 rings (SSSR count). The largest absolute Gasteiger partial charge is 0.302 e. The Morgan fingerprint density at radius 1 is 1.28 bits per heavy atom. The summed E-state index contributed by atoms with van der Waals surface area (Å²) in [7, 11) is 0. The molecule has 1 aromatic carbocycles. The van der Waals surface area contributed by atoms with E-state index in [-0.39, 0.29) is 5.01 Å². The van der Waals surface area contributed by atoms with E-state index in [9.17, 15) is 29.9 Å². The summed E-state index contributed by atoms with van der Waals surface area (Å²) in [6.45, 7) is 0.979. The maximum Gasteiger partial charge on any atom is 0.302 e. The smallest absolute Gasteiger partial charge is 0.273 e. The molecule has 1 aromatic rings. The van der Waals surface area contributed by atoms with Crippen LogP contribution in [0.5, 0.6) is 0 Å². The van der Waals surface area contributed by atoms with Gasteiger partial charge < -0.3 is 0 Å². The van der Waals surface area contributed by atoms with Crippen LogP contribution in [0.3, 0.4) is 0 Å². The van der Waals surface area contributed by atoms with Gasteiger partial charge in [-0.3, -0.25) is 25.0 Å². The number of hydrogen-bond acceptors (Lipinski definition) is 7. The van der Waals surface area contributed by atoms with Crippen molar-refractivity contribution in [2.75, 3.05) is 5.01 Å². The summed E-state index contributed by atoms with van der Waals surface area (Å²) in [5.74, 6) is -0.845. The maximum absolute atomic E-state index is 11.0. The zero-order valence-electron chi connectivity index (χ0n) is 8.97. The number of nitrogens with zero attached hydrogens (tertiary/aromatic N) is 4. The van der Waals surface area contributed by atoms with Crippen LogP contribution in [0.15, 0.2) is 23.5 Å². The number of carbonyl (C=O) groups excluding carboxylic acids is 1. The van der Waals surface area contributed by atoms with E-state index in [1.54, 1.807) is 0 Å². The van der Waals surface area contributed by atoms with Crippen LogP contribution in [0.25, 0.3) is 0 Å². The van der Waals surface area contributed by atoms with Crippen molar-refractivity contribution < 1.29 is 14.6 Å². The third-order valence-corrected chi connectivity index (χ3v) is 1.97. The number of hydrogen-bond donors (Lipinski definition) is 0. The van der Waals surface area contributed by atoms with Gasteiger partial charge in [0, 0.05) is 13.0 Å². The summed E-state index contributed by atoms with van der Waals surface area (Å²) < 4.78 is 0. The highest BCUT2D eigenvalue weighted by Crippen LogP contribution is 2.32. The van der Waals surface area contributed by atoms with E-state index in [1.807, 2.05) is 0 Å². The van der Waals surface area contributed by atoms with Crippen LogP contribution in [-0.2, 0) is 4.79 Å². The lowest BCUT2D eigenvalue weighted by atomic mass is 10.2. The zero-order chi connectivity index (χ0) is 13.9. The summed E-state index contributed by atoms with van der Waals surface area (Å²) in [6.07, 6.45) is 0. The average Bonchev–Trinajstić information content (AvgIpc) is 2.29. The Morgan fingerprint density at radius 2 is 1.89 bits per heavy atom. The van der Waals surface area contributed by atoms with E-state index in [0.717, 1.165) is 19.1 Å². The van der Waals surface area contributed by atoms with Gasteiger partial charge in [-0.05, 0) is 6.07 Å². The van der Waals surface area contributed by atoms with Crippen LogP contribution in [0.1, 0.15) is 6.92 Å². The van der Waals surface area contributed by atoms with E-state index in [1.165, 1.54) is 0 Å². The van der Waals surface area contributed by atoms with Crippen molar-refractivity contribution in [1.29, 1.82) is 0 Å². The van der Waals surface area contributed by atoms with Gasteiger partial charge in [-0.2, -0.15) is 5.01 Å².